The van der Waals surface area contributed by atoms with Gasteiger partial charge in [0.1, 0.15) is 0 Å². The molecule has 1 N–H and O–H groups in total. The zero-order valence-corrected chi connectivity index (χ0v) is 24.5. The molecule has 0 aliphatic heterocycles. The lowest BCUT2D eigenvalue weighted by Gasteiger charge is -2.37. The third-order valence-electron chi connectivity index (χ3n) is 9.98. The van der Waals surface area contributed by atoms with Crippen LogP contribution in [0.4, 0.5) is 0 Å². The van der Waals surface area contributed by atoms with Crippen molar-refractivity contribution in [2.75, 3.05) is 0 Å². The van der Waals surface area contributed by atoms with E-state index in [0.29, 0.717) is 0 Å². The summed E-state index contributed by atoms with van der Waals surface area (Å²) >= 11 is 0. The van der Waals surface area contributed by atoms with Gasteiger partial charge in [-0.25, -0.2) is 0 Å². The van der Waals surface area contributed by atoms with E-state index in [1.165, 1.54) is 71.1 Å². The van der Waals surface area contributed by atoms with Crippen LogP contribution in [0.2, 0.25) is 0 Å². The van der Waals surface area contributed by atoms with Crippen LogP contribution in [0.5, 0.6) is 0 Å². The quantitative estimate of drug-likeness (QED) is 0.232. The third-order valence-corrected chi connectivity index (χ3v) is 9.98. The van der Waals surface area contributed by atoms with Crippen molar-refractivity contribution in [1.29, 1.82) is 0 Å². The average molecular weight is 534 g/mol. The molecule has 3 nitrogen and oxygen atoms in total. The maximum Gasteiger partial charge on any atom is 0.330 e. The molecular formula is C37H33BNO2. The molecule has 1 aliphatic carbocycles. The molecular weight excluding hydrogens is 501 g/mol. The summed E-state index contributed by atoms with van der Waals surface area (Å²) in [6, 6.07) is 31.4. The molecule has 8 rings (SSSR count). The van der Waals surface area contributed by atoms with E-state index < -0.39 is 11.2 Å². The Morgan fingerprint density at radius 2 is 1.41 bits per heavy atom. The van der Waals surface area contributed by atoms with Crippen LogP contribution in [0.25, 0.3) is 60.0 Å². The molecule has 0 atom stereocenters. The van der Waals surface area contributed by atoms with Crippen molar-refractivity contribution >= 4 is 61.8 Å². The summed E-state index contributed by atoms with van der Waals surface area (Å²) in [5, 5.41) is 18.4. The molecule has 1 radical (unpaired) electrons. The number of fused-ring (bicyclic) bond motifs is 12. The first kappa shape index (κ1) is 24.9. The van der Waals surface area contributed by atoms with Crippen LogP contribution in [0.3, 0.4) is 0 Å². The Balaban J connectivity index is 1.32. The average Bonchev–Trinajstić information content (AvgIpc) is 3.54. The molecule has 7 aromatic rings. The fourth-order valence-electron chi connectivity index (χ4n) is 7.11. The Morgan fingerprint density at radius 1 is 0.707 bits per heavy atom. The molecule has 0 saturated carbocycles. The van der Waals surface area contributed by atoms with Gasteiger partial charge < -0.3 is 14.2 Å². The molecule has 0 amide bonds. The number of nitrogens with zero attached hydrogens (tertiary/aromatic N) is 1. The van der Waals surface area contributed by atoms with Crippen molar-refractivity contribution in [3.8, 4) is 11.1 Å². The van der Waals surface area contributed by atoms with Gasteiger partial charge >= 0.3 is 7.48 Å². The van der Waals surface area contributed by atoms with Gasteiger partial charge in [-0.3, -0.25) is 0 Å². The van der Waals surface area contributed by atoms with Crippen LogP contribution >= 0.6 is 0 Å². The van der Waals surface area contributed by atoms with Gasteiger partial charge in [-0.15, -0.1) is 0 Å². The SMILES string of the molecule is CC1(C)c2cc([B]OC(C)(C)C(C)(C)O)ccc2-c2ccc3c(ccc4c3c3cccc5c6ccccc6n4c53)c21. The number of rotatable bonds is 4. The molecule has 0 saturated heterocycles. The Kier molecular flexibility index (Phi) is 4.80. The minimum absolute atomic E-state index is 0.180. The topological polar surface area (TPSA) is 33.9 Å². The Morgan fingerprint density at radius 3 is 2.22 bits per heavy atom. The van der Waals surface area contributed by atoms with Gasteiger partial charge in [0.25, 0.3) is 0 Å². The van der Waals surface area contributed by atoms with E-state index in [0.717, 1.165) is 5.46 Å². The Hall–Kier alpha value is -3.86. The van der Waals surface area contributed by atoms with Crippen LogP contribution in [0, 0.1) is 0 Å². The highest BCUT2D eigenvalue weighted by Gasteiger charge is 2.39. The number of hydrogen-bond donors (Lipinski definition) is 1. The van der Waals surface area contributed by atoms with Crippen LogP contribution in [-0.4, -0.2) is 28.2 Å². The van der Waals surface area contributed by atoms with Crippen molar-refractivity contribution < 1.29 is 9.76 Å². The monoisotopic (exact) mass is 534 g/mol. The van der Waals surface area contributed by atoms with Crippen LogP contribution < -0.4 is 5.46 Å². The summed E-state index contributed by atoms with van der Waals surface area (Å²) in [6.45, 7) is 12.1. The standard InChI is InChI=1S/C37H33BNO2/c1-35(2)29-20-21(38-41-37(5,6)36(3,4)40)14-15-22(29)25-17-16-24-26(33(25)35)18-19-31-32(24)28-12-9-11-27-23-10-7-8-13-30(23)39(31)34(27)28/h7-20,40H,1-6H3. The largest absolute Gasteiger partial charge is 0.427 e. The highest BCUT2D eigenvalue weighted by molar-refractivity contribution is 6.47. The summed E-state index contributed by atoms with van der Waals surface area (Å²) in [5.41, 5.74) is 8.27. The van der Waals surface area contributed by atoms with Crippen molar-refractivity contribution in [1.82, 2.24) is 4.40 Å². The van der Waals surface area contributed by atoms with Crippen molar-refractivity contribution in [2.45, 2.75) is 58.2 Å². The van der Waals surface area contributed by atoms with Crippen LogP contribution in [-0.2, 0) is 10.1 Å². The maximum atomic E-state index is 10.5. The first-order valence-corrected chi connectivity index (χ1v) is 14.5. The minimum atomic E-state index is -0.966. The van der Waals surface area contributed by atoms with Crippen molar-refractivity contribution in [3.05, 3.63) is 96.1 Å². The molecule has 201 valence electrons. The smallest absolute Gasteiger partial charge is 0.330 e. The zero-order chi connectivity index (χ0) is 28.5. The van der Waals surface area contributed by atoms with E-state index in [1.54, 1.807) is 21.3 Å². The Bertz CT molecular complexity index is 2200. The van der Waals surface area contributed by atoms with Crippen LogP contribution in [0.1, 0.15) is 52.7 Å². The first-order chi connectivity index (χ1) is 19.5. The molecule has 2 heterocycles. The summed E-state index contributed by atoms with van der Waals surface area (Å²) in [4.78, 5) is 0. The van der Waals surface area contributed by atoms with E-state index in [2.05, 4.69) is 103 Å². The molecule has 41 heavy (non-hydrogen) atoms. The van der Waals surface area contributed by atoms with Gasteiger partial charge in [-0.05, 0) is 72.9 Å². The van der Waals surface area contributed by atoms with E-state index >= 15 is 0 Å². The first-order valence-electron chi connectivity index (χ1n) is 14.5. The van der Waals surface area contributed by atoms with Gasteiger partial charge in [0.2, 0.25) is 0 Å². The summed E-state index contributed by atoms with van der Waals surface area (Å²) in [5.74, 6) is 0. The number of benzene rings is 5. The number of aromatic nitrogens is 1. The highest BCUT2D eigenvalue weighted by atomic mass is 16.5. The number of para-hydroxylation sites is 2. The van der Waals surface area contributed by atoms with E-state index in [1.807, 2.05) is 13.8 Å². The van der Waals surface area contributed by atoms with Crippen molar-refractivity contribution in [3.63, 3.8) is 0 Å². The summed E-state index contributed by atoms with van der Waals surface area (Å²) < 4.78 is 8.57. The molecule has 0 fully saturated rings. The number of aliphatic hydroxyl groups is 1. The predicted molar refractivity (Wildman–Crippen MR) is 173 cm³/mol. The second-order valence-corrected chi connectivity index (χ2v) is 13.3. The van der Waals surface area contributed by atoms with Gasteiger partial charge in [-0.1, -0.05) is 92.1 Å². The molecule has 0 bridgehead atoms. The van der Waals surface area contributed by atoms with Gasteiger partial charge in [0, 0.05) is 27.0 Å². The molecule has 0 unspecified atom stereocenters. The van der Waals surface area contributed by atoms with Crippen LogP contribution in [0.15, 0.2) is 84.9 Å². The predicted octanol–water partition coefficient (Wildman–Crippen LogP) is 8.11. The normalized spacial score (nSPS) is 15.0. The second-order valence-electron chi connectivity index (χ2n) is 13.3. The van der Waals surface area contributed by atoms with Gasteiger partial charge in [0.15, 0.2) is 0 Å². The lowest BCUT2D eigenvalue weighted by molar-refractivity contribution is -0.0893. The number of hydrogen-bond acceptors (Lipinski definition) is 2. The van der Waals surface area contributed by atoms with E-state index in [-0.39, 0.29) is 5.41 Å². The van der Waals surface area contributed by atoms with E-state index in [4.69, 9.17) is 4.65 Å². The van der Waals surface area contributed by atoms with Gasteiger partial charge in [0.05, 0.1) is 27.8 Å². The molecule has 1 aliphatic rings. The fraction of sp³-hybridized carbons (Fsp3) is 0.243. The van der Waals surface area contributed by atoms with E-state index in [9.17, 15) is 5.11 Å². The van der Waals surface area contributed by atoms with Crippen molar-refractivity contribution in [2.24, 2.45) is 0 Å². The second kappa shape index (κ2) is 7.91. The molecule has 4 heteroatoms. The molecule has 2 aromatic heterocycles. The third kappa shape index (κ3) is 3.18. The minimum Gasteiger partial charge on any atom is -0.427 e. The maximum absolute atomic E-state index is 10.5. The zero-order valence-electron chi connectivity index (χ0n) is 24.5. The van der Waals surface area contributed by atoms with Gasteiger partial charge in [-0.2, -0.15) is 0 Å². The summed E-state index contributed by atoms with van der Waals surface area (Å²) in [6.07, 6.45) is 0. The molecule has 5 aromatic carbocycles. The Labute approximate surface area is 241 Å². The lowest BCUT2D eigenvalue weighted by atomic mass is 9.76. The lowest BCUT2D eigenvalue weighted by Crippen LogP contribution is -2.49. The highest BCUT2D eigenvalue weighted by Crippen LogP contribution is 2.52. The molecule has 0 spiro atoms. The fourth-order valence-corrected chi connectivity index (χ4v) is 7.11. The summed E-state index contributed by atoms with van der Waals surface area (Å²) in [7, 11) is 1.79.